The number of carboxylic acids is 1. The molecule has 0 saturated heterocycles. The lowest BCUT2D eigenvalue weighted by Crippen LogP contribution is -2.60. The maximum Gasteiger partial charge on any atom is 0.326 e. The van der Waals surface area contributed by atoms with Crippen LogP contribution >= 0.6 is 0 Å². The summed E-state index contributed by atoms with van der Waals surface area (Å²) < 4.78 is 0. The zero-order chi connectivity index (χ0) is 51.4. The summed E-state index contributed by atoms with van der Waals surface area (Å²) >= 11 is 0. The van der Waals surface area contributed by atoms with Crippen molar-refractivity contribution in [2.24, 2.45) is 33.8 Å². The highest BCUT2D eigenvalue weighted by molar-refractivity contribution is 5.98. The third-order valence-corrected chi connectivity index (χ3v) is 10.3. The summed E-state index contributed by atoms with van der Waals surface area (Å²) in [6.07, 6.45) is 1.87. The number of hydrogen-bond acceptors (Lipinski definition) is 14. The Kier molecular flexibility index (Phi) is 22.0. The number of para-hydroxylation sites is 1. The number of nitrogens with two attached hydrogens (primary N) is 4. The molecule has 0 radical (unpaired) electrons. The number of guanidine groups is 1. The SMILES string of the molecule is CC(C)C[C@H](NC(=O)[C@H](CC(N)=O)NC(=O)[C@H](Cc1cnc[nH]1)NC(=O)[C@H](CO)NC(=O)CNC(=O)[C@H](CCCN=C(N)N)NC(=O)[C@@H](NC(=O)[C@@H](N)Cc1c[nH]c2ccccc12)[C@@H](C)O)C(=O)O. The van der Waals surface area contributed by atoms with Crippen LogP contribution in [0, 0.1) is 5.92 Å². The van der Waals surface area contributed by atoms with Crippen molar-refractivity contribution < 1.29 is 58.5 Å². The van der Waals surface area contributed by atoms with E-state index in [1.54, 1.807) is 20.0 Å². The number of imidazole rings is 1. The van der Waals surface area contributed by atoms with Gasteiger partial charge in [0.1, 0.15) is 36.3 Å². The van der Waals surface area contributed by atoms with Gasteiger partial charge in [0.05, 0.1) is 38.0 Å². The van der Waals surface area contributed by atoms with Crippen LogP contribution in [0.3, 0.4) is 0 Å². The molecule has 0 fully saturated rings. The molecular formula is C42H63N15O12. The van der Waals surface area contributed by atoms with Crippen molar-refractivity contribution >= 4 is 70.1 Å². The molecule has 2 aromatic heterocycles. The topological polar surface area (TPSA) is 459 Å². The molecule has 8 atom stereocenters. The van der Waals surface area contributed by atoms with Crippen LogP contribution in [0.5, 0.6) is 0 Å². The van der Waals surface area contributed by atoms with E-state index in [1.807, 2.05) is 24.3 Å². The average molecular weight is 970 g/mol. The highest BCUT2D eigenvalue weighted by Gasteiger charge is 2.34. The quantitative estimate of drug-likeness (QED) is 0.0175. The van der Waals surface area contributed by atoms with E-state index in [0.29, 0.717) is 5.69 Å². The molecule has 0 aliphatic heterocycles. The van der Waals surface area contributed by atoms with Crippen molar-refractivity contribution in [3.8, 4) is 0 Å². The van der Waals surface area contributed by atoms with Crippen molar-refractivity contribution in [1.82, 2.24) is 52.2 Å². The molecule has 2 heterocycles. The summed E-state index contributed by atoms with van der Waals surface area (Å²) in [6.45, 7) is 2.85. The highest BCUT2D eigenvalue weighted by Crippen LogP contribution is 2.19. The molecule has 378 valence electrons. The fourth-order valence-electron chi connectivity index (χ4n) is 6.81. The molecule has 20 N–H and O–H groups in total. The van der Waals surface area contributed by atoms with Crippen molar-refractivity contribution in [2.45, 2.75) is 108 Å². The Morgan fingerprint density at radius 2 is 1.39 bits per heavy atom. The number of primary amides is 1. The smallest absolute Gasteiger partial charge is 0.326 e. The number of fused-ring (bicyclic) bond motifs is 1. The maximum absolute atomic E-state index is 13.6. The van der Waals surface area contributed by atoms with Crippen LogP contribution in [-0.4, -0.2) is 158 Å². The number of carbonyl (C=O) groups excluding carboxylic acids is 8. The number of hydrogen-bond donors (Lipinski definition) is 16. The second kappa shape index (κ2) is 27.2. The summed E-state index contributed by atoms with van der Waals surface area (Å²) in [5, 5.41) is 47.4. The number of aliphatic hydroxyl groups excluding tert-OH is 2. The van der Waals surface area contributed by atoms with Gasteiger partial charge in [-0.15, -0.1) is 0 Å². The molecule has 0 bridgehead atoms. The number of carboxylic acid groups (broad SMARTS) is 1. The molecule has 27 nitrogen and oxygen atoms in total. The number of carbonyl (C=O) groups is 9. The number of benzene rings is 1. The van der Waals surface area contributed by atoms with Crippen molar-refractivity contribution in [1.29, 1.82) is 0 Å². The van der Waals surface area contributed by atoms with Gasteiger partial charge in [0, 0.05) is 42.0 Å². The number of rotatable bonds is 29. The minimum atomic E-state index is -1.74. The first-order valence-corrected chi connectivity index (χ1v) is 21.8. The molecule has 3 rings (SSSR count). The molecule has 3 aromatic rings. The van der Waals surface area contributed by atoms with Crippen LogP contribution in [0.1, 0.15) is 57.7 Å². The Morgan fingerprint density at radius 3 is 2.00 bits per heavy atom. The Hall–Kier alpha value is -7.65. The second-order valence-electron chi connectivity index (χ2n) is 16.5. The van der Waals surface area contributed by atoms with Gasteiger partial charge in [-0.2, -0.15) is 0 Å². The predicted octanol–water partition coefficient (Wildman–Crippen LogP) is -5.54. The van der Waals surface area contributed by atoms with E-state index in [1.165, 1.54) is 19.4 Å². The van der Waals surface area contributed by atoms with Gasteiger partial charge in [-0.25, -0.2) is 9.78 Å². The summed E-state index contributed by atoms with van der Waals surface area (Å²) in [4.78, 5) is 131. The molecule has 0 unspecified atom stereocenters. The Morgan fingerprint density at radius 1 is 0.754 bits per heavy atom. The van der Waals surface area contributed by atoms with Gasteiger partial charge in [0.25, 0.3) is 0 Å². The first-order valence-electron chi connectivity index (χ1n) is 21.8. The maximum atomic E-state index is 13.6. The van der Waals surface area contributed by atoms with Crippen molar-refractivity contribution in [2.75, 3.05) is 19.7 Å². The van der Waals surface area contributed by atoms with Gasteiger partial charge < -0.3 is 85.4 Å². The molecule has 0 aliphatic rings. The number of aromatic amines is 2. The number of aromatic nitrogens is 3. The van der Waals surface area contributed by atoms with Crippen molar-refractivity contribution in [3.05, 3.63) is 54.2 Å². The molecule has 0 saturated carbocycles. The van der Waals surface area contributed by atoms with Crippen LogP contribution in [-0.2, 0) is 56.0 Å². The lowest BCUT2D eigenvalue weighted by molar-refractivity contribution is -0.143. The Balaban J connectivity index is 1.70. The van der Waals surface area contributed by atoms with E-state index in [9.17, 15) is 58.5 Å². The monoisotopic (exact) mass is 969 g/mol. The second-order valence-corrected chi connectivity index (χ2v) is 16.5. The highest BCUT2D eigenvalue weighted by atomic mass is 16.4. The molecule has 0 spiro atoms. The average Bonchev–Trinajstić information content (AvgIpc) is 3.96. The van der Waals surface area contributed by atoms with E-state index in [2.05, 4.69) is 57.2 Å². The van der Waals surface area contributed by atoms with Crippen LogP contribution in [0.15, 0.2) is 48.0 Å². The molecule has 0 aliphatic carbocycles. The lowest BCUT2D eigenvalue weighted by atomic mass is 10.0. The van der Waals surface area contributed by atoms with Crippen LogP contribution in [0.25, 0.3) is 10.9 Å². The summed E-state index contributed by atoms with van der Waals surface area (Å²) in [7, 11) is 0. The van der Waals surface area contributed by atoms with Crippen LogP contribution < -0.4 is 60.2 Å². The zero-order valence-corrected chi connectivity index (χ0v) is 38.3. The number of nitrogens with one attached hydrogen (secondary N) is 9. The largest absolute Gasteiger partial charge is 0.480 e. The number of H-pyrrole nitrogens is 2. The van der Waals surface area contributed by atoms with E-state index in [-0.39, 0.29) is 50.5 Å². The fraction of sp³-hybridized carbons (Fsp3) is 0.500. The van der Waals surface area contributed by atoms with E-state index in [0.717, 1.165) is 16.5 Å². The van der Waals surface area contributed by atoms with Gasteiger partial charge in [0.2, 0.25) is 47.3 Å². The van der Waals surface area contributed by atoms with Crippen molar-refractivity contribution in [3.63, 3.8) is 0 Å². The molecule has 1 aromatic carbocycles. The zero-order valence-electron chi connectivity index (χ0n) is 38.3. The minimum Gasteiger partial charge on any atom is -0.480 e. The number of nitrogens with zero attached hydrogens (tertiary/aromatic N) is 2. The predicted molar refractivity (Wildman–Crippen MR) is 246 cm³/mol. The molecule has 8 amide bonds. The van der Waals surface area contributed by atoms with E-state index < -0.39 is 121 Å². The third kappa shape index (κ3) is 18.5. The summed E-state index contributed by atoms with van der Waals surface area (Å²) in [5.41, 5.74) is 24.2. The van der Waals surface area contributed by atoms with Gasteiger partial charge in [-0.1, -0.05) is 32.0 Å². The minimum absolute atomic E-state index is 0.0162. The molecule has 27 heteroatoms. The fourth-order valence-corrected chi connectivity index (χ4v) is 6.81. The third-order valence-electron chi connectivity index (χ3n) is 10.3. The standard InChI is InChI=1S/C42H63N15O12/c1-20(2)11-30(41(68)69)56-38(65)29(14-32(44)60)55-37(64)28(13-23-16-47-19-51-23)54-39(66)31(18-58)52-33(61)17-50-36(63)27(9-6-10-48-42(45)46)53-40(67)34(21(3)59)57-35(62)25(43)12-22-15-49-26-8-5-4-7-24(22)26/h4-5,7-8,15-16,19-21,25,27-31,34,49,58-59H,6,9-14,17-18,43H2,1-3H3,(H2,44,60)(H,47,51)(H,50,63)(H,52,61)(H,53,67)(H,54,66)(H,55,64)(H,56,65)(H,57,62)(H,68,69)(H4,45,46,48)/t21-,25+,27+,28+,29+,30+,31+,34+/m1/s1. The number of aliphatic imine (C=N–C) groups is 1. The van der Waals surface area contributed by atoms with Gasteiger partial charge in [0.15, 0.2) is 5.96 Å². The van der Waals surface area contributed by atoms with E-state index >= 15 is 0 Å². The number of aliphatic hydroxyl groups is 2. The molecule has 69 heavy (non-hydrogen) atoms. The summed E-state index contributed by atoms with van der Waals surface area (Å²) in [6, 6.07) is -3.14. The first-order chi connectivity index (χ1) is 32.6. The van der Waals surface area contributed by atoms with Gasteiger partial charge in [-0.3, -0.25) is 43.3 Å². The van der Waals surface area contributed by atoms with Gasteiger partial charge in [-0.05, 0) is 50.2 Å². The van der Waals surface area contributed by atoms with E-state index in [4.69, 9.17) is 22.9 Å². The molecular weight excluding hydrogens is 907 g/mol. The number of aliphatic carboxylic acids is 1. The van der Waals surface area contributed by atoms with Gasteiger partial charge >= 0.3 is 5.97 Å². The van der Waals surface area contributed by atoms with Crippen LogP contribution in [0.2, 0.25) is 0 Å². The Labute approximate surface area is 395 Å². The summed E-state index contributed by atoms with van der Waals surface area (Å²) in [5.74, 6) is -9.71. The normalized spacial score (nSPS) is 14.6. The Bertz CT molecular complexity index is 2280. The first kappa shape index (κ1) is 55.7. The number of amides is 8. The lowest BCUT2D eigenvalue weighted by Gasteiger charge is -2.26. The van der Waals surface area contributed by atoms with Crippen LogP contribution in [0.4, 0.5) is 0 Å².